The number of anilines is 1. The molecular weight excluding hydrogens is 472 g/mol. The predicted octanol–water partition coefficient (Wildman–Crippen LogP) is 1.08. The Balaban J connectivity index is 1.22. The van der Waals surface area contributed by atoms with Gasteiger partial charge in [-0.2, -0.15) is 5.10 Å². The molecule has 2 atom stereocenters. The fourth-order valence-corrected chi connectivity index (χ4v) is 4.27. The number of fused-ring (bicyclic) bond motifs is 1. The quantitative estimate of drug-likeness (QED) is 0.339. The van der Waals surface area contributed by atoms with E-state index in [1.165, 1.54) is 4.90 Å². The maximum atomic E-state index is 13.2. The Hall–Kier alpha value is -3.75. The van der Waals surface area contributed by atoms with E-state index >= 15 is 0 Å². The van der Waals surface area contributed by atoms with E-state index in [0.29, 0.717) is 30.2 Å². The number of likely N-dealkylation sites (N-methyl/N-ethyl adjacent to an activating group) is 1. The summed E-state index contributed by atoms with van der Waals surface area (Å²) in [6.45, 7) is 3.96. The molecule has 37 heavy (non-hydrogen) atoms. The van der Waals surface area contributed by atoms with Crippen LogP contribution in [0.25, 0.3) is 0 Å². The number of H-pyrrole nitrogens is 1. The summed E-state index contributed by atoms with van der Waals surface area (Å²) >= 11 is 0. The first-order valence-electron chi connectivity index (χ1n) is 12.3. The molecule has 3 aromatic rings. The number of aromatic amines is 1. The summed E-state index contributed by atoms with van der Waals surface area (Å²) in [4.78, 5) is 21.4. The first-order chi connectivity index (χ1) is 18.1. The molecule has 0 saturated carbocycles. The molecule has 10 nitrogen and oxygen atoms in total. The number of carbonyl (C=O) groups is 1. The molecular formula is C27H30N6O4. The van der Waals surface area contributed by atoms with E-state index in [9.17, 15) is 9.90 Å². The number of morpholine rings is 1. The molecule has 10 heteroatoms. The molecule has 5 rings (SSSR count). The number of aliphatic hydroxyl groups is 1. The Kier molecular flexibility index (Phi) is 7.77. The number of benzene rings is 2. The summed E-state index contributed by atoms with van der Waals surface area (Å²) in [6.07, 6.45) is -0.684. The van der Waals surface area contributed by atoms with Crippen LogP contribution in [-0.2, 0) is 16.0 Å². The minimum Gasteiger partial charge on any atom is -0.489 e. The van der Waals surface area contributed by atoms with Crippen molar-refractivity contribution in [3.63, 3.8) is 0 Å². The van der Waals surface area contributed by atoms with Crippen molar-refractivity contribution >= 4 is 11.6 Å². The van der Waals surface area contributed by atoms with Crippen molar-refractivity contribution in [2.45, 2.75) is 18.7 Å². The number of hydrogen-bond acceptors (Lipinski definition) is 8. The van der Waals surface area contributed by atoms with Crippen LogP contribution in [0.5, 0.6) is 5.75 Å². The average molecular weight is 503 g/mol. The average Bonchev–Trinajstić information content (AvgIpc) is 3.36. The Morgan fingerprint density at radius 1 is 1.22 bits per heavy atom. The largest absolute Gasteiger partial charge is 0.489 e. The Bertz CT molecular complexity index is 1280. The van der Waals surface area contributed by atoms with Gasteiger partial charge in [-0.1, -0.05) is 42.2 Å². The lowest BCUT2D eigenvalue weighted by Crippen LogP contribution is -2.48. The Morgan fingerprint density at radius 3 is 2.84 bits per heavy atom. The lowest BCUT2D eigenvalue weighted by Gasteiger charge is -2.24. The number of nitrogens with one attached hydrogen (secondary N) is 2. The Labute approximate surface area is 215 Å². The zero-order chi connectivity index (χ0) is 25.6. The van der Waals surface area contributed by atoms with Crippen molar-refractivity contribution in [2.75, 3.05) is 51.4 Å². The highest BCUT2D eigenvalue weighted by molar-refractivity contribution is 5.99. The summed E-state index contributed by atoms with van der Waals surface area (Å²) in [6, 6.07) is 14.6. The maximum absolute atomic E-state index is 13.2. The van der Waals surface area contributed by atoms with E-state index in [1.54, 1.807) is 7.05 Å². The molecule has 0 aliphatic carbocycles. The van der Waals surface area contributed by atoms with Crippen LogP contribution in [-0.4, -0.2) is 83.6 Å². The van der Waals surface area contributed by atoms with Crippen LogP contribution in [0, 0.1) is 11.8 Å². The molecule has 1 fully saturated rings. The van der Waals surface area contributed by atoms with Crippen LogP contribution in [0.3, 0.4) is 0 Å². The summed E-state index contributed by atoms with van der Waals surface area (Å²) in [5, 5.41) is 20.6. The van der Waals surface area contributed by atoms with Gasteiger partial charge in [0.1, 0.15) is 24.2 Å². The minimum atomic E-state index is -1.24. The van der Waals surface area contributed by atoms with Crippen LogP contribution >= 0.6 is 0 Å². The van der Waals surface area contributed by atoms with Gasteiger partial charge in [0.05, 0.1) is 25.4 Å². The van der Waals surface area contributed by atoms with E-state index in [0.717, 1.165) is 37.4 Å². The SMILES string of the molecule is CN1C(=O)[C@@H](NC(O)c2n[nH]c(Cc3ccccc3)n2)COc2ccc(C#CCN3CCOCC3)cc21. The molecule has 3 heterocycles. The molecule has 192 valence electrons. The van der Waals surface area contributed by atoms with E-state index in [1.807, 2.05) is 48.5 Å². The lowest BCUT2D eigenvalue weighted by atomic mass is 10.1. The van der Waals surface area contributed by atoms with Gasteiger partial charge >= 0.3 is 0 Å². The third-order valence-electron chi connectivity index (χ3n) is 6.36. The summed E-state index contributed by atoms with van der Waals surface area (Å²) in [7, 11) is 1.69. The van der Waals surface area contributed by atoms with E-state index in [2.05, 4.69) is 37.2 Å². The smallest absolute Gasteiger partial charge is 0.247 e. The first-order valence-corrected chi connectivity index (χ1v) is 12.3. The summed E-state index contributed by atoms with van der Waals surface area (Å²) < 4.78 is 11.3. The van der Waals surface area contributed by atoms with Gasteiger partial charge in [0, 0.05) is 32.1 Å². The molecule has 1 aromatic heterocycles. The molecule has 1 amide bonds. The maximum Gasteiger partial charge on any atom is 0.247 e. The van der Waals surface area contributed by atoms with Gasteiger partial charge in [-0.25, -0.2) is 4.98 Å². The molecule has 1 unspecified atom stereocenters. The van der Waals surface area contributed by atoms with Gasteiger partial charge in [-0.15, -0.1) is 0 Å². The molecule has 2 aromatic carbocycles. The van der Waals surface area contributed by atoms with E-state index in [-0.39, 0.29) is 18.3 Å². The van der Waals surface area contributed by atoms with Crippen molar-refractivity contribution in [3.05, 3.63) is 71.3 Å². The van der Waals surface area contributed by atoms with Gasteiger partial charge in [-0.3, -0.25) is 20.1 Å². The second-order valence-corrected chi connectivity index (χ2v) is 9.01. The molecule has 1 saturated heterocycles. The van der Waals surface area contributed by atoms with Gasteiger partial charge in [-0.05, 0) is 23.8 Å². The van der Waals surface area contributed by atoms with Gasteiger partial charge < -0.3 is 19.5 Å². The number of carbonyl (C=O) groups excluding carboxylic acids is 1. The monoisotopic (exact) mass is 502 g/mol. The number of hydrogen-bond donors (Lipinski definition) is 3. The summed E-state index contributed by atoms with van der Waals surface area (Å²) in [5.74, 6) is 7.52. The van der Waals surface area contributed by atoms with Crippen LogP contribution in [0.1, 0.15) is 29.0 Å². The standard InChI is InChI=1S/C27H30N6O4/c1-32-22-16-20(8-5-11-33-12-14-36-15-13-33)9-10-23(22)37-18-21(27(32)35)28-26(34)25-29-24(30-31-25)17-19-6-3-2-4-7-19/h2-4,6-7,9-10,16,21,26,28,34H,11-15,17-18H2,1H3,(H,29,30,31)/t21-,26?/m0/s1. The van der Waals surface area contributed by atoms with Crippen molar-refractivity contribution in [1.82, 2.24) is 25.4 Å². The van der Waals surface area contributed by atoms with E-state index < -0.39 is 12.3 Å². The molecule has 0 radical (unpaired) electrons. The predicted molar refractivity (Wildman–Crippen MR) is 137 cm³/mol. The number of ether oxygens (including phenoxy) is 2. The molecule has 3 N–H and O–H groups in total. The van der Waals surface area contributed by atoms with Crippen molar-refractivity contribution in [1.29, 1.82) is 0 Å². The number of rotatable bonds is 6. The highest BCUT2D eigenvalue weighted by Gasteiger charge is 2.32. The second kappa shape index (κ2) is 11.5. The Morgan fingerprint density at radius 2 is 2.03 bits per heavy atom. The second-order valence-electron chi connectivity index (χ2n) is 9.01. The van der Waals surface area contributed by atoms with Crippen LogP contribution < -0.4 is 15.0 Å². The highest BCUT2D eigenvalue weighted by atomic mass is 16.5. The van der Waals surface area contributed by atoms with Crippen LogP contribution in [0.15, 0.2) is 48.5 Å². The van der Waals surface area contributed by atoms with Crippen LogP contribution in [0.4, 0.5) is 5.69 Å². The topological polar surface area (TPSA) is 116 Å². The fourth-order valence-electron chi connectivity index (χ4n) is 4.27. The zero-order valence-corrected chi connectivity index (χ0v) is 20.7. The van der Waals surface area contributed by atoms with Crippen LogP contribution in [0.2, 0.25) is 0 Å². The van der Waals surface area contributed by atoms with E-state index in [4.69, 9.17) is 9.47 Å². The normalized spacial score (nSPS) is 18.8. The van der Waals surface area contributed by atoms with Gasteiger partial charge in [0.2, 0.25) is 5.91 Å². The number of nitrogens with zero attached hydrogens (tertiary/aromatic N) is 4. The molecule has 2 aliphatic heterocycles. The molecule has 0 spiro atoms. The molecule has 0 bridgehead atoms. The zero-order valence-electron chi connectivity index (χ0n) is 20.7. The fraction of sp³-hybridized carbons (Fsp3) is 0.370. The first kappa shape index (κ1) is 24.9. The number of amides is 1. The number of aromatic nitrogens is 3. The van der Waals surface area contributed by atoms with Gasteiger partial charge in [0.15, 0.2) is 12.1 Å². The third-order valence-corrected chi connectivity index (χ3v) is 6.36. The lowest BCUT2D eigenvalue weighted by molar-refractivity contribution is -0.121. The van der Waals surface area contributed by atoms with Crippen molar-refractivity contribution in [3.8, 4) is 17.6 Å². The number of aliphatic hydroxyl groups excluding tert-OH is 1. The van der Waals surface area contributed by atoms with Crippen molar-refractivity contribution in [2.24, 2.45) is 0 Å². The minimum absolute atomic E-state index is 0.0522. The van der Waals surface area contributed by atoms with Gasteiger partial charge in [0.25, 0.3) is 0 Å². The summed E-state index contributed by atoms with van der Waals surface area (Å²) in [5.41, 5.74) is 2.50. The third kappa shape index (κ3) is 6.15. The van der Waals surface area contributed by atoms with Crippen molar-refractivity contribution < 1.29 is 19.4 Å². The molecule has 2 aliphatic rings. The highest BCUT2D eigenvalue weighted by Crippen LogP contribution is 2.31.